The molecule has 2 saturated carbocycles. The van der Waals surface area contributed by atoms with Gasteiger partial charge in [-0.3, -0.25) is 9.59 Å². The fraction of sp³-hybridized carbons (Fsp3) is 0.476. The molecule has 2 amide bonds. The van der Waals surface area contributed by atoms with E-state index in [1.807, 2.05) is 0 Å². The van der Waals surface area contributed by atoms with E-state index in [1.54, 1.807) is 12.1 Å². The third-order valence-electron chi connectivity index (χ3n) is 6.11. The quantitative estimate of drug-likeness (QED) is 0.532. The summed E-state index contributed by atoms with van der Waals surface area (Å²) in [5.74, 6) is -0.695. The van der Waals surface area contributed by atoms with Crippen LogP contribution in [0.25, 0.3) is 10.9 Å². The van der Waals surface area contributed by atoms with Crippen molar-refractivity contribution in [1.29, 1.82) is 5.26 Å². The number of sulfonamides is 1. The number of nitrogens with two attached hydrogens (primary N) is 1. The van der Waals surface area contributed by atoms with E-state index < -0.39 is 16.1 Å². The van der Waals surface area contributed by atoms with Crippen molar-refractivity contribution in [2.24, 2.45) is 17.0 Å². The number of carbonyl (C=O) groups excluding carboxylic acids is 2. The van der Waals surface area contributed by atoms with Crippen LogP contribution >= 0.6 is 0 Å². The van der Waals surface area contributed by atoms with Crippen molar-refractivity contribution in [3.63, 3.8) is 0 Å². The number of aromatic amines is 1. The molecule has 0 aliphatic heterocycles. The largest absolute Gasteiger partial charge is 0.351 e. The maximum Gasteiger partial charge on any atom is 0.267 e. The number of fused-ring (bicyclic) bond motifs is 1. The topological polar surface area (TPSA) is 158 Å². The minimum absolute atomic E-state index is 0.0299. The number of hydrogen-bond donors (Lipinski definition) is 4. The van der Waals surface area contributed by atoms with Gasteiger partial charge in [-0.15, -0.1) is 0 Å². The predicted octanol–water partition coefficient (Wildman–Crippen LogP) is 1.52. The molecule has 31 heavy (non-hydrogen) atoms. The predicted molar refractivity (Wildman–Crippen MR) is 113 cm³/mol. The zero-order valence-corrected chi connectivity index (χ0v) is 17.7. The molecule has 2 aliphatic rings. The maximum atomic E-state index is 12.9. The minimum atomic E-state index is -3.84. The fourth-order valence-electron chi connectivity index (χ4n) is 4.22. The van der Waals surface area contributed by atoms with Crippen LogP contribution in [-0.2, 0) is 14.8 Å². The molecule has 5 N–H and O–H groups in total. The number of amides is 2. The number of primary sulfonamides is 1. The zero-order chi connectivity index (χ0) is 22.2. The van der Waals surface area contributed by atoms with Crippen molar-refractivity contribution in [1.82, 2.24) is 15.6 Å². The maximum absolute atomic E-state index is 12.9. The lowest BCUT2D eigenvalue weighted by molar-refractivity contribution is -0.127. The van der Waals surface area contributed by atoms with Crippen LogP contribution in [0.3, 0.4) is 0 Å². The van der Waals surface area contributed by atoms with E-state index in [4.69, 9.17) is 5.14 Å². The molecule has 0 bridgehead atoms. The van der Waals surface area contributed by atoms with Crippen LogP contribution in [0.4, 0.5) is 0 Å². The van der Waals surface area contributed by atoms with Gasteiger partial charge in [-0.25, -0.2) is 13.6 Å². The molecular formula is C21H25N5O4S. The molecule has 1 unspecified atom stereocenters. The molecule has 3 atom stereocenters. The number of rotatable bonds is 6. The van der Waals surface area contributed by atoms with Gasteiger partial charge in [-0.2, -0.15) is 5.26 Å². The number of carbonyl (C=O) groups is 2. The molecule has 4 rings (SSSR count). The molecule has 1 heterocycles. The number of nitriles is 1. The molecule has 0 saturated heterocycles. The lowest BCUT2D eigenvalue weighted by atomic mass is 9.83. The van der Waals surface area contributed by atoms with Gasteiger partial charge in [0.15, 0.2) is 0 Å². The Kier molecular flexibility index (Phi) is 5.73. The van der Waals surface area contributed by atoms with Gasteiger partial charge in [-0.05, 0) is 55.9 Å². The second-order valence-electron chi connectivity index (χ2n) is 8.40. The van der Waals surface area contributed by atoms with Gasteiger partial charge < -0.3 is 15.6 Å². The van der Waals surface area contributed by atoms with E-state index in [0.717, 1.165) is 25.7 Å². The summed E-state index contributed by atoms with van der Waals surface area (Å²) in [4.78, 5) is 28.6. The highest BCUT2D eigenvalue weighted by molar-refractivity contribution is 7.89. The Labute approximate surface area is 180 Å². The van der Waals surface area contributed by atoms with Gasteiger partial charge in [-0.1, -0.05) is 12.8 Å². The van der Waals surface area contributed by atoms with E-state index >= 15 is 0 Å². The average molecular weight is 444 g/mol. The molecule has 0 radical (unpaired) electrons. The van der Waals surface area contributed by atoms with Gasteiger partial charge >= 0.3 is 0 Å². The second-order valence-corrected chi connectivity index (χ2v) is 9.96. The van der Waals surface area contributed by atoms with E-state index in [0.29, 0.717) is 23.7 Å². The summed E-state index contributed by atoms with van der Waals surface area (Å²) in [6.45, 7) is 0. The van der Waals surface area contributed by atoms with Crippen LogP contribution in [-0.4, -0.2) is 37.3 Å². The molecule has 164 valence electrons. The van der Waals surface area contributed by atoms with E-state index in [9.17, 15) is 23.3 Å². The van der Waals surface area contributed by atoms with Crippen molar-refractivity contribution in [2.75, 3.05) is 0 Å². The standard InChI is InChI=1S/C21H25N5O4S/c22-11-19(12-5-6-12)26-20(27)15-3-1-2-4-17(15)25-21(28)18-10-13-9-14(31(23,29)30)7-8-16(13)24-18/h7-10,12,15,17,19,24H,1-6H2,(H,25,28)(H,26,27)(H2,23,29,30)/t15-,17+,19?/m1/s1. The molecule has 1 aromatic carbocycles. The third kappa shape index (κ3) is 4.73. The number of benzene rings is 1. The molecule has 2 aromatic rings. The number of nitrogens with one attached hydrogen (secondary N) is 3. The van der Waals surface area contributed by atoms with Crippen molar-refractivity contribution < 1.29 is 18.0 Å². The minimum Gasteiger partial charge on any atom is -0.351 e. The normalized spacial score (nSPS) is 22.5. The van der Waals surface area contributed by atoms with Gasteiger partial charge in [0.2, 0.25) is 15.9 Å². The Morgan fingerprint density at radius 1 is 1.16 bits per heavy atom. The van der Waals surface area contributed by atoms with Crippen LogP contribution in [0.1, 0.15) is 49.0 Å². The number of aromatic nitrogens is 1. The lowest BCUT2D eigenvalue weighted by Gasteiger charge is -2.31. The molecule has 2 fully saturated rings. The average Bonchev–Trinajstić information content (AvgIpc) is 3.48. The highest BCUT2D eigenvalue weighted by Crippen LogP contribution is 2.33. The van der Waals surface area contributed by atoms with E-state index in [2.05, 4.69) is 21.7 Å². The SMILES string of the molecule is N#CC(NC(=O)[C@@H]1CCCC[C@@H]1NC(=O)c1cc2cc(S(N)(=O)=O)ccc2[nH]1)C1CC1. The summed E-state index contributed by atoms with van der Waals surface area (Å²) in [5, 5.41) is 20.8. The summed E-state index contributed by atoms with van der Waals surface area (Å²) < 4.78 is 23.1. The van der Waals surface area contributed by atoms with Crippen LogP contribution in [0.15, 0.2) is 29.2 Å². The van der Waals surface area contributed by atoms with Crippen molar-refractivity contribution in [3.8, 4) is 6.07 Å². The highest BCUT2D eigenvalue weighted by atomic mass is 32.2. The Balaban J connectivity index is 1.48. The Bertz CT molecular complexity index is 1160. The first-order valence-electron chi connectivity index (χ1n) is 10.4. The summed E-state index contributed by atoms with van der Waals surface area (Å²) in [5.41, 5.74) is 0.885. The first-order chi connectivity index (χ1) is 14.8. The number of H-pyrrole nitrogens is 1. The summed E-state index contributed by atoms with van der Waals surface area (Å²) in [7, 11) is -3.84. The molecule has 1 aromatic heterocycles. The van der Waals surface area contributed by atoms with E-state index in [1.165, 1.54) is 12.1 Å². The first-order valence-corrected chi connectivity index (χ1v) is 12.0. The molecule has 0 spiro atoms. The molecule has 9 nitrogen and oxygen atoms in total. The lowest BCUT2D eigenvalue weighted by Crippen LogP contribution is -2.50. The molecular weight excluding hydrogens is 418 g/mol. The summed E-state index contributed by atoms with van der Waals surface area (Å²) in [6, 6.07) is 7.29. The van der Waals surface area contributed by atoms with Gasteiger partial charge in [0.25, 0.3) is 5.91 Å². The third-order valence-corrected chi connectivity index (χ3v) is 7.03. The number of hydrogen-bond acceptors (Lipinski definition) is 5. The fourth-order valence-corrected chi connectivity index (χ4v) is 4.77. The van der Waals surface area contributed by atoms with Crippen LogP contribution < -0.4 is 15.8 Å². The Morgan fingerprint density at radius 2 is 1.90 bits per heavy atom. The second kappa shape index (κ2) is 8.32. The highest BCUT2D eigenvalue weighted by Gasteiger charge is 2.37. The first kappa shape index (κ1) is 21.3. The number of nitrogens with zero attached hydrogens (tertiary/aromatic N) is 1. The Morgan fingerprint density at radius 3 is 2.58 bits per heavy atom. The van der Waals surface area contributed by atoms with Crippen LogP contribution in [0.5, 0.6) is 0 Å². The zero-order valence-electron chi connectivity index (χ0n) is 16.9. The Hall–Kier alpha value is -2.90. The van der Waals surface area contributed by atoms with Crippen molar-refractivity contribution in [3.05, 3.63) is 30.0 Å². The summed E-state index contributed by atoms with van der Waals surface area (Å²) >= 11 is 0. The van der Waals surface area contributed by atoms with Gasteiger partial charge in [0.05, 0.1) is 16.9 Å². The summed E-state index contributed by atoms with van der Waals surface area (Å²) in [6.07, 6.45) is 5.05. The van der Waals surface area contributed by atoms with E-state index in [-0.39, 0.29) is 40.3 Å². The van der Waals surface area contributed by atoms with Gasteiger partial charge in [0, 0.05) is 16.9 Å². The van der Waals surface area contributed by atoms with Crippen LogP contribution in [0.2, 0.25) is 0 Å². The molecule has 2 aliphatic carbocycles. The van der Waals surface area contributed by atoms with Crippen LogP contribution in [0, 0.1) is 23.2 Å². The smallest absolute Gasteiger partial charge is 0.267 e. The van der Waals surface area contributed by atoms with Gasteiger partial charge in [0.1, 0.15) is 11.7 Å². The van der Waals surface area contributed by atoms with Crippen molar-refractivity contribution >= 4 is 32.7 Å². The molecule has 10 heteroatoms. The van der Waals surface area contributed by atoms with Crippen molar-refractivity contribution in [2.45, 2.75) is 55.5 Å². The monoisotopic (exact) mass is 443 g/mol.